The zero-order valence-corrected chi connectivity index (χ0v) is 15.5. The highest BCUT2D eigenvalue weighted by Crippen LogP contribution is 2.30. The van der Waals surface area contributed by atoms with Gasteiger partial charge in [-0.05, 0) is 48.5 Å². The molecule has 0 spiro atoms. The number of nitrogens with zero attached hydrogens (tertiary/aromatic N) is 4. The van der Waals surface area contributed by atoms with Gasteiger partial charge in [-0.2, -0.15) is 0 Å². The summed E-state index contributed by atoms with van der Waals surface area (Å²) in [7, 11) is 1.94. The SMILES string of the molecule is CN(c1ccc(Oc2ccc(C(=O)NO)nc2)cc1)c1ncnc2ccccc12. The first-order valence-corrected chi connectivity index (χ1v) is 8.77. The number of carbonyl (C=O) groups excluding carboxylic acids is 1. The number of pyridine rings is 1. The van der Waals surface area contributed by atoms with E-state index in [2.05, 4.69) is 15.0 Å². The quantitative estimate of drug-likeness (QED) is 0.398. The van der Waals surface area contributed by atoms with Crippen molar-refractivity contribution in [2.45, 2.75) is 0 Å². The maximum Gasteiger partial charge on any atom is 0.293 e. The minimum atomic E-state index is -0.679. The summed E-state index contributed by atoms with van der Waals surface area (Å²) in [5, 5.41) is 9.59. The Morgan fingerprint density at radius 3 is 2.45 bits per heavy atom. The van der Waals surface area contributed by atoms with Crippen LogP contribution in [0, 0.1) is 0 Å². The fraction of sp³-hybridized carbons (Fsp3) is 0.0476. The summed E-state index contributed by atoms with van der Waals surface area (Å²) >= 11 is 0. The summed E-state index contributed by atoms with van der Waals surface area (Å²) < 4.78 is 5.76. The molecule has 8 nitrogen and oxygen atoms in total. The molecule has 0 aliphatic rings. The third-order valence-corrected chi connectivity index (χ3v) is 4.37. The highest BCUT2D eigenvalue weighted by molar-refractivity contribution is 5.91. The number of nitrogens with one attached hydrogen (secondary N) is 1. The van der Waals surface area contributed by atoms with Crippen LogP contribution in [-0.4, -0.2) is 33.1 Å². The number of aromatic nitrogens is 3. The predicted molar refractivity (Wildman–Crippen MR) is 108 cm³/mol. The minimum absolute atomic E-state index is 0.0916. The molecule has 144 valence electrons. The summed E-state index contributed by atoms with van der Waals surface area (Å²) in [5.41, 5.74) is 3.45. The summed E-state index contributed by atoms with van der Waals surface area (Å²) in [5.74, 6) is 1.23. The number of hydroxylamine groups is 1. The maximum absolute atomic E-state index is 11.3. The van der Waals surface area contributed by atoms with E-state index in [1.807, 2.05) is 60.5 Å². The zero-order valence-electron chi connectivity index (χ0n) is 15.5. The van der Waals surface area contributed by atoms with Crippen molar-refractivity contribution in [3.05, 3.63) is 78.9 Å². The van der Waals surface area contributed by atoms with Crippen LogP contribution < -0.4 is 15.1 Å². The highest BCUT2D eigenvalue weighted by atomic mass is 16.5. The number of hydrogen-bond acceptors (Lipinski definition) is 7. The molecule has 0 aliphatic heterocycles. The maximum atomic E-state index is 11.3. The van der Waals surface area contributed by atoms with Gasteiger partial charge in [0, 0.05) is 18.1 Å². The first-order chi connectivity index (χ1) is 14.2. The van der Waals surface area contributed by atoms with Crippen molar-refractivity contribution in [2.75, 3.05) is 11.9 Å². The van der Waals surface area contributed by atoms with Crippen LogP contribution in [0.3, 0.4) is 0 Å². The van der Waals surface area contributed by atoms with Crippen LogP contribution >= 0.6 is 0 Å². The molecule has 0 saturated carbocycles. The number of carbonyl (C=O) groups is 1. The Bertz CT molecular complexity index is 1140. The largest absolute Gasteiger partial charge is 0.456 e. The molecule has 2 heterocycles. The molecule has 0 unspecified atom stereocenters. The Morgan fingerprint density at radius 1 is 0.966 bits per heavy atom. The van der Waals surface area contributed by atoms with Crippen molar-refractivity contribution >= 4 is 28.3 Å². The Labute approximate surface area is 166 Å². The van der Waals surface area contributed by atoms with E-state index in [4.69, 9.17) is 9.94 Å². The summed E-state index contributed by atoms with van der Waals surface area (Å²) in [6.07, 6.45) is 2.97. The standard InChI is InChI=1S/C21H17N5O3/c1-26(20-17-4-2-3-5-18(17)23-13-24-20)14-6-8-15(9-7-14)29-16-10-11-19(22-12-16)21(27)25-28/h2-13,28H,1H3,(H,25,27). The van der Waals surface area contributed by atoms with Gasteiger partial charge in [0.05, 0.1) is 11.7 Å². The Kier molecular flexibility index (Phi) is 5.00. The van der Waals surface area contributed by atoms with E-state index in [0.29, 0.717) is 11.5 Å². The van der Waals surface area contributed by atoms with Gasteiger partial charge >= 0.3 is 0 Å². The second-order valence-corrected chi connectivity index (χ2v) is 6.19. The van der Waals surface area contributed by atoms with E-state index in [1.54, 1.807) is 12.4 Å². The number of para-hydroxylation sites is 1. The average molecular weight is 387 g/mol. The Morgan fingerprint density at radius 2 is 1.72 bits per heavy atom. The number of ether oxygens (including phenoxy) is 1. The van der Waals surface area contributed by atoms with Gasteiger partial charge in [0.15, 0.2) is 0 Å². The number of rotatable bonds is 5. The second kappa shape index (κ2) is 7.91. The van der Waals surface area contributed by atoms with Gasteiger partial charge in [-0.15, -0.1) is 0 Å². The number of amides is 1. The molecule has 2 N–H and O–H groups in total. The third kappa shape index (κ3) is 3.83. The van der Waals surface area contributed by atoms with Crippen LogP contribution in [0.5, 0.6) is 11.5 Å². The summed E-state index contributed by atoms with van der Waals surface area (Å²) in [4.78, 5) is 26.0. The van der Waals surface area contributed by atoms with Gasteiger partial charge in [-0.1, -0.05) is 12.1 Å². The molecule has 0 atom stereocenters. The molecule has 1 amide bonds. The molecule has 0 saturated heterocycles. The lowest BCUT2D eigenvalue weighted by molar-refractivity contribution is 0.0700. The van der Waals surface area contributed by atoms with Crippen LogP contribution in [0.1, 0.15) is 10.5 Å². The van der Waals surface area contributed by atoms with E-state index < -0.39 is 5.91 Å². The van der Waals surface area contributed by atoms with Crippen molar-refractivity contribution in [3.63, 3.8) is 0 Å². The molecule has 29 heavy (non-hydrogen) atoms. The van der Waals surface area contributed by atoms with Crippen molar-refractivity contribution < 1.29 is 14.7 Å². The van der Waals surface area contributed by atoms with Gasteiger partial charge in [0.1, 0.15) is 29.3 Å². The van der Waals surface area contributed by atoms with Crippen molar-refractivity contribution in [1.82, 2.24) is 20.4 Å². The van der Waals surface area contributed by atoms with Gasteiger partial charge < -0.3 is 9.64 Å². The molecule has 2 aromatic heterocycles. The summed E-state index contributed by atoms with van der Waals surface area (Å²) in [6, 6.07) is 18.4. The number of anilines is 2. The van der Waals surface area contributed by atoms with Crippen LogP contribution in [-0.2, 0) is 0 Å². The molecular weight excluding hydrogens is 370 g/mol. The second-order valence-electron chi connectivity index (χ2n) is 6.19. The Hall–Kier alpha value is -4.04. The van der Waals surface area contributed by atoms with Crippen molar-refractivity contribution in [1.29, 1.82) is 0 Å². The monoisotopic (exact) mass is 387 g/mol. The molecule has 0 bridgehead atoms. The lowest BCUT2D eigenvalue weighted by atomic mass is 10.2. The molecular formula is C21H17N5O3. The van der Waals surface area contributed by atoms with Gasteiger partial charge in [-0.3, -0.25) is 10.0 Å². The first-order valence-electron chi connectivity index (χ1n) is 8.77. The van der Waals surface area contributed by atoms with Crippen LogP contribution in [0.25, 0.3) is 10.9 Å². The van der Waals surface area contributed by atoms with Crippen molar-refractivity contribution in [2.24, 2.45) is 0 Å². The molecule has 0 radical (unpaired) electrons. The Balaban J connectivity index is 1.52. The predicted octanol–water partition coefficient (Wildman–Crippen LogP) is 3.70. The molecule has 0 fully saturated rings. The lowest BCUT2D eigenvalue weighted by Crippen LogP contribution is -2.19. The first kappa shape index (κ1) is 18.3. The number of benzene rings is 2. The summed E-state index contributed by atoms with van der Waals surface area (Å²) in [6.45, 7) is 0. The topological polar surface area (TPSA) is 100 Å². The van der Waals surface area contributed by atoms with Gasteiger partial charge in [0.2, 0.25) is 0 Å². The van der Waals surface area contributed by atoms with Crippen LogP contribution in [0.15, 0.2) is 73.2 Å². The minimum Gasteiger partial charge on any atom is -0.456 e. The van der Waals surface area contributed by atoms with E-state index in [1.165, 1.54) is 17.7 Å². The normalized spacial score (nSPS) is 10.6. The molecule has 4 aromatic rings. The van der Waals surface area contributed by atoms with Crippen molar-refractivity contribution in [3.8, 4) is 11.5 Å². The lowest BCUT2D eigenvalue weighted by Gasteiger charge is -2.20. The number of hydrogen-bond donors (Lipinski definition) is 2. The van der Waals surface area contributed by atoms with E-state index in [9.17, 15) is 4.79 Å². The molecule has 0 aliphatic carbocycles. The molecule has 4 rings (SSSR count). The third-order valence-electron chi connectivity index (χ3n) is 4.37. The number of fused-ring (bicyclic) bond motifs is 1. The van der Waals surface area contributed by atoms with Crippen LogP contribution in [0.4, 0.5) is 11.5 Å². The van der Waals surface area contributed by atoms with E-state index >= 15 is 0 Å². The van der Waals surface area contributed by atoms with Crippen LogP contribution in [0.2, 0.25) is 0 Å². The van der Waals surface area contributed by atoms with Gasteiger partial charge in [-0.25, -0.2) is 20.4 Å². The van der Waals surface area contributed by atoms with Gasteiger partial charge in [0.25, 0.3) is 5.91 Å². The fourth-order valence-electron chi connectivity index (χ4n) is 2.89. The molecule has 2 aromatic carbocycles. The van der Waals surface area contributed by atoms with E-state index in [0.717, 1.165) is 22.4 Å². The van der Waals surface area contributed by atoms with E-state index in [-0.39, 0.29) is 5.69 Å². The smallest absolute Gasteiger partial charge is 0.293 e. The fourth-order valence-corrected chi connectivity index (χ4v) is 2.89. The average Bonchev–Trinajstić information content (AvgIpc) is 2.78. The zero-order chi connectivity index (χ0) is 20.2. The highest BCUT2D eigenvalue weighted by Gasteiger charge is 2.11. The molecule has 8 heteroatoms.